The van der Waals surface area contributed by atoms with E-state index in [2.05, 4.69) is 34.5 Å². The van der Waals surface area contributed by atoms with Crippen LogP contribution in [0.1, 0.15) is 43.7 Å². The molecule has 3 heteroatoms. The summed E-state index contributed by atoms with van der Waals surface area (Å²) in [4.78, 5) is 2.67. The van der Waals surface area contributed by atoms with Gasteiger partial charge in [0.1, 0.15) is 5.75 Å². The van der Waals surface area contributed by atoms with Gasteiger partial charge in [0.2, 0.25) is 0 Å². The fraction of sp³-hybridized carbons (Fsp3) is 0.647. The van der Waals surface area contributed by atoms with Crippen LogP contribution in [0.3, 0.4) is 0 Å². The van der Waals surface area contributed by atoms with Gasteiger partial charge in [-0.25, -0.2) is 0 Å². The fourth-order valence-electron chi connectivity index (χ4n) is 3.76. The smallest absolute Gasteiger partial charge is 0.123 e. The Hall–Kier alpha value is -1.06. The Morgan fingerprint density at radius 3 is 2.65 bits per heavy atom. The lowest BCUT2D eigenvalue weighted by atomic mass is 9.93. The van der Waals surface area contributed by atoms with Crippen LogP contribution in [0, 0.1) is 0 Å². The van der Waals surface area contributed by atoms with E-state index in [1.54, 1.807) is 7.11 Å². The molecule has 2 aliphatic rings. The topological polar surface area (TPSA) is 24.5 Å². The van der Waals surface area contributed by atoms with E-state index in [4.69, 9.17) is 4.74 Å². The highest BCUT2D eigenvalue weighted by Crippen LogP contribution is 2.36. The minimum absolute atomic E-state index is 0.467. The minimum Gasteiger partial charge on any atom is -0.496 e. The summed E-state index contributed by atoms with van der Waals surface area (Å²) < 4.78 is 5.62. The third-order valence-corrected chi connectivity index (χ3v) is 4.72. The zero-order valence-corrected chi connectivity index (χ0v) is 12.5. The molecule has 3 rings (SSSR count). The molecule has 20 heavy (non-hydrogen) atoms. The summed E-state index contributed by atoms with van der Waals surface area (Å²) in [5, 5.41) is 3.71. The van der Waals surface area contributed by atoms with Gasteiger partial charge < -0.3 is 10.1 Å². The molecule has 2 fully saturated rings. The van der Waals surface area contributed by atoms with Crippen LogP contribution in [-0.2, 0) is 0 Å². The predicted octanol–water partition coefficient (Wildman–Crippen LogP) is 2.97. The van der Waals surface area contributed by atoms with Crippen molar-refractivity contribution in [2.45, 2.75) is 44.2 Å². The van der Waals surface area contributed by atoms with Crippen molar-refractivity contribution >= 4 is 0 Å². The number of rotatable bonds is 4. The van der Waals surface area contributed by atoms with Crippen LogP contribution in [-0.4, -0.2) is 37.7 Å². The zero-order chi connectivity index (χ0) is 13.8. The van der Waals surface area contributed by atoms with Crippen LogP contribution in [0.25, 0.3) is 0 Å². The number of ether oxygens (including phenoxy) is 1. The highest BCUT2D eigenvalue weighted by Gasteiger charge is 2.33. The Bertz CT molecular complexity index is 423. The predicted molar refractivity (Wildman–Crippen MR) is 82.2 cm³/mol. The fourth-order valence-corrected chi connectivity index (χ4v) is 3.76. The second-order valence-electron chi connectivity index (χ2n) is 5.99. The lowest BCUT2D eigenvalue weighted by Crippen LogP contribution is -2.43. The molecule has 2 heterocycles. The van der Waals surface area contributed by atoms with Gasteiger partial charge in [-0.1, -0.05) is 24.6 Å². The number of likely N-dealkylation sites (tertiary alicyclic amines) is 1. The average molecular weight is 274 g/mol. The highest BCUT2D eigenvalue weighted by molar-refractivity contribution is 5.37. The minimum atomic E-state index is 0.467. The summed E-state index contributed by atoms with van der Waals surface area (Å²) in [6.45, 7) is 3.60. The van der Waals surface area contributed by atoms with E-state index in [1.165, 1.54) is 50.8 Å². The molecule has 2 unspecified atom stereocenters. The average Bonchev–Trinajstić information content (AvgIpc) is 3.03. The summed E-state index contributed by atoms with van der Waals surface area (Å²) in [5.41, 5.74) is 1.36. The first-order valence-corrected chi connectivity index (χ1v) is 8.00. The highest BCUT2D eigenvalue weighted by atomic mass is 16.5. The van der Waals surface area contributed by atoms with Gasteiger partial charge in [-0.05, 0) is 51.4 Å². The first-order chi connectivity index (χ1) is 9.90. The van der Waals surface area contributed by atoms with E-state index in [0.29, 0.717) is 12.1 Å². The van der Waals surface area contributed by atoms with Crippen molar-refractivity contribution < 1.29 is 4.74 Å². The van der Waals surface area contributed by atoms with Crippen molar-refractivity contribution in [3.05, 3.63) is 29.8 Å². The lowest BCUT2D eigenvalue weighted by Gasteiger charge is -2.38. The van der Waals surface area contributed by atoms with Crippen LogP contribution in [0.5, 0.6) is 5.75 Å². The first kappa shape index (κ1) is 13.9. The second-order valence-corrected chi connectivity index (χ2v) is 5.99. The van der Waals surface area contributed by atoms with Gasteiger partial charge in [-0.2, -0.15) is 0 Å². The molecule has 3 nitrogen and oxygen atoms in total. The lowest BCUT2D eigenvalue weighted by molar-refractivity contribution is 0.133. The second kappa shape index (κ2) is 6.59. The molecular weight excluding hydrogens is 248 g/mol. The van der Waals surface area contributed by atoms with Gasteiger partial charge in [-0.3, -0.25) is 4.90 Å². The number of benzene rings is 1. The monoisotopic (exact) mass is 274 g/mol. The standard InChI is InChI=1S/C17H26N2O/c1-20-16-10-4-3-8-14(16)17(15-9-7-11-18-15)19-12-5-2-6-13-19/h3-4,8,10,15,17-18H,2,5-7,9,11-13H2,1H3. The molecule has 1 aromatic rings. The molecule has 0 aliphatic carbocycles. The van der Waals surface area contributed by atoms with Gasteiger partial charge in [-0.15, -0.1) is 0 Å². The maximum Gasteiger partial charge on any atom is 0.123 e. The number of piperidine rings is 1. The largest absolute Gasteiger partial charge is 0.496 e. The quantitative estimate of drug-likeness (QED) is 0.913. The SMILES string of the molecule is COc1ccccc1C(C1CCCN1)N1CCCCC1. The van der Waals surface area contributed by atoms with Crippen LogP contribution in [0.15, 0.2) is 24.3 Å². The van der Waals surface area contributed by atoms with Crippen LogP contribution >= 0.6 is 0 Å². The summed E-state index contributed by atoms with van der Waals surface area (Å²) in [6, 6.07) is 9.60. The summed E-state index contributed by atoms with van der Waals surface area (Å²) in [7, 11) is 1.79. The van der Waals surface area contributed by atoms with Gasteiger partial charge in [0.15, 0.2) is 0 Å². The van der Waals surface area contributed by atoms with Gasteiger partial charge in [0.25, 0.3) is 0 Å². The maximum absolute atomic E-state index is 5.62. The van der Waals surface area contributed by atoms with E-state index >= 15 is 0 Å². The van der Waals surface area contributed by atoms with E-state index in [9.17, 15) is 0 Å². The van der Waals surface area contributed by atoms with E-state index < -0.39 is 0 Å². The molecule has 2 saturated heterocycles. The van der Waals surface area contributed by atoms with Crippen LogP contribution in [0.4, 0.5) is 0 Å². The molecular formula is C17H26N2O. The molecule has 0 saturated carbocycles. The Kier molecular flexibility index (Phi) is 4.58. The van der Waals surface area contributed by atoms with Crippen LogP contribution in [0.2, 0.25) is 0 Å². The van der Waals surface area contributed by atoms with E-state index in [1.807, 2.05) is 0 Å². The van der Waals surface area contributed by atoms with Crippen molar-refractivity contribution in [2.24, 2.45) is 0 Å². The molecule has 0 spiro atoms. The molecule has 1 aromatic carbocycles. The van der Waals surface area contributed by atoms with Crippen molar-refractivity contribution in [1.82, 2.24) is 10.2 Å². The molecule has 2 aliphatic heterocycles. The third kappa shape index (κ3) is 2.84. The van der Waals surface area contributed by atoms with Crippen molar-refractivity contribution in [3.63, 3.8) is 0 Å². The van der Waals surface area contributed by atoms with Crippen molar-refractivity contribution in [3.8, 4) is 5.75 Å². The molecule has 110 valence electrons. The Morgan fingerprint density at radius 1 is 1.15 bits per heavy atom. The zero-order valence-electron chi connectivity index (χ0n) is 12.5. The number of nitrogens with zero attached hydrogens (tertiary/aromatic N) is 1. The summed E-state index contributed by atoms with van der Waals surface area (Å²) in [6.07, 6.45) is 6.62. The van der Waals surface area contributed by atoms with Crippen molar-refractivity contribution in [1.29, 1.82) is 0 Å². The van der Waals surface area contributed by atoms with E-state index in [-0.39, 0.29) is 0 Å². The van der Waals surface area contributed by atoms with Crippen molar-refractivity contribution in [2.75, 3.05) is 26.7 Å². The summed E-state index contributed by atoms with van der Waals surface area (Å²) in [5.74, 6) is 1.04. The van der Waals surface area contributed by atoms with E-state index in [0.717, 1.165) is 12.3 Å². The number of methoxy groups -OCH3 is 1. The van der Waals surface area contributed by atoms with Gasteiger partial charge in [0, 0.05) is 11.6 Å². The molecule has 0 aromatic heterocycles. The van der Waals surface area contributed by atoms with Gasteiger partial charge >= 0.3 is 0 Å². The number of hydrogen-bond acceptors (Lipinski definition) is 3. The number of nitrogens with one attached hydrogen (secondary N) is 1. The van der Waals surface area contributed by atoms with Crippen LogP contribution < -0.4 is 10.1 Å². The molecule has 0 amide bonds. The first-order valence-electron chi connectivity index (χ1n) is 8.00. The number of para-hydroxylation sites is 1. The number of hydrogen-bond donors (Lipinski definition) is 1. The molecule has 2 atom stereocenters. The molecule has 0 bridgehead atoms. The van der Waals surface area contributed by atoms with Gasteiger partial charge in [0.05, 0.1) is 13.2 Å². The summed E-state index contributed by atoms with van der Waals surface area (Å²) >= 11 is 0. The normalized spacial score (nSPS) is 25.6. The Morgan fingerprint density at radius 2 is 1.95 bits per heavy atom. The molecule has 0 radical (unpaired) electrons. The third-order valence-electron chi connectivity index (χ3n) is 4.72. The Balaban J connectivity index is 1.90. The Labute approximate surface area is 122 Å². The molecule has 1 N–H and O–H groups in total. The maximum atomic E-state index is 5.62.